The first-order valence-electron chi connectivity index (χ1n) is 7.56. The van der Waals surface area contributed by atoms with E-state index in [1.54, 1.807) is 6.07 Å². The lowest BCUT2D eigenvalue weighted by molar-refractivity contribution is 0.526. The van der Waals surface area contributed by atoms with Gasteiger partial charge in [0.2, 0.25) is 5.95 Å². The predicted octanol–water partition coefficient (Wildman–Crippen LogP) is 2.73. The largest absolute Gasteiger partial charge is 0.342 e. The van der Waals surface area contributed by atoms with Crippen molar-refractivity contribution < 1.29 is 0 Å². The third-order valence-corrected chi connectivity index (χ3v) is 3.74. The smallest absolute Gasteiger partial charge is 0.255 e. The van der Waals surface area contributed by atoms with Gasteiger partial charge in [-0.15, -0.1) is 0 Å². The SMILES string of the molecule is CCCCCn1c(N2CCCCC2)nc(C)cc1=O. The van der Waals surface area contributed by atoms with Gasteiger partial charge in [0.25, 0.3) is 5.56 Å². The summed E-state index contributed by atoms with van der Waals surface area (Å²) < 4.78 is 1.87. The molecule has 1 saturated heterocycles. The van der Waals surface area contributed by atoms with Gasteiger partial charge < -0.3 is 4.90 Å². The minimum Gasteiger partial charge on any atom is -0.342 e. The maximum Gasteiger partial charge on any atom is 0.255 e. The van der Waals surface area contributed by atoms with Gasteiger partial charge >= 0.3 is 0 Å². The molecule has 1 aliphatic rings. The number of aryl methyl sites for hydroxylation is 1. The lowest BCUT2D eigenvalue weighted by atomic mass is 10.1. The van der Waals surface area contributed by atoms with Gasteiger partial charge in [0.15, 0.2) is 0 Å². The van der Waals surface area contributed by atoms with Crippen LogP contribution in [0.2, 0.25) is 0 Å². The van der Waals surface area contributed by atoms with Crippen LogP contribution in [0.3, 0.4) is 0 Å². The van der Waals surface area contributed by atoms with Crippen molar-refractivity contribution in [2.45, 2.75) is 58.9 Å². The Bertz CT molecular complexity index is 461. The molecule has 0 amide bonds. The van der Waals surface area contributed by atoms with Gasteiger partial charge in [0.1, 0.15) is 0 Å². The predicted molar refractivity (Wildman–Crippen MR) is 78.8 cm³/mol. The van der Waals surface area contributed by atoms with Crippen molar-refractivity contribution in [1.82, 2.24) is 9.55 Å². The molecule has 4 heteroatoms. The van der Waals surface area contributed by atoms with Crippen molar-refractivity contribution in [3.63, 3.8) is 0 Å². The fourth-order valence-corrected chi connectivity index (χ4v) is 2.67. The van der Waals surface area contributed by atoms with Crippen LogP contribution in [-0.4, -0.2) is 22.6 Å². The molecule has 0 saturated carbocycles. The summed E-state index contributed by atoms with van der Waals surface area (Å²) in [6, 6.07) is 1.65. The van der Waals surface area contributed by atoms with E-state index in [2.05, 4.69) is 16.8 Å². The Labute approximate surface area is 115 Å². The molecule has 2 heterocycles. The van der Waals surface area contributed by atoms with Gasteiger partial charge in [0, 0.05) is 31.4 Å². The fraction of sp³-hybridized carbons (Fsp3) is 0.733. The lowest BCUT2D eigenvalue weighted by Gasteiger charge is -2.29. The first-order chi connectivity index (χ1) is 9.22. The lowest BCUT2D eigenvalue weighted by Crippen LogP contribution is -2.36. The van der Waals surface area contributed by atoms with Gasteiger partial charge in [-0.2, -0.15) is 0 Å². The second-order valence-corrected chi connectivity index (χ2v) is 5.44. The highest BCUT2D eigenvalue weighted by atomic mass is 16.1. The van der Waals surface area contributed by atoms with Crippen molar-refractivity contribution in [1.29, 1.82) is 0 Å². The second-order valence-electron chi connectivity index (χ2n) is 5.44. The molecule has 0 bridgehead atoms. The van der Waals surface area contributed by atoms with E-state index >= 15 is 0 Å². The zero-order valence-electron chi connectivity index (χ0n) is 12.2. The molecule has 0 atom stereocenters. The van der Waals surface area contributed by atoms with Crippen LogP contribution in [-0.2, 0) is 6.54 Å². The van der Waals surface area contributed by atoms with E-state index in [9.17, 15) is 4.79 Å². The topological polar surface area (TPSA) is 38.1 Å². The number of piperidine rings is 1. The molecule has 0 unspecified atom stereocenters. The van der Waals surface area contributed by atoms with E-state index in [1.165, 1.54) is 32.1 Å². The molecule has 4 nitrogen and oxygen atoms in total. The third-order valence-electron chi connectivity index (χ3n) is 3.74. The summed E-state index contributed by atoms with van der Waals surface area (Å²) in [6.45, 7) is 6.95. The van der Waals surface area contributed by atoms with Crippen LogP contribution < -0.4 is 10.5 Å². The standard InChI is InChI=1S/C15H25N3O/c1-3-4-6-11-18-14(19)12-13(2)16-15(18)17-9-7-5-8-10-17/h12H,3-11H2,1-2H3. The van der Waals surface area contributed by atoms with Crippen molar-refractivity contribution in [2.75, 3.05) is 18.0 Å². The van der Waals surface area contributed by atoms with E-state index in [0.29, 0.717) is 0 Å². The van der Waals surface area contributed by atoms with Crippen LogP contribution in [0.15, 0.2) is 10.9 Å². The van der Waals surface area contributed by atoms with E-state index in [0.717, 1.165) is 37.7 Å². The molecular weight excluding hydrogens is 238 g/mol. The van der Waals surface area contributed by atoms with Crippen molar-refractivity contribution >= 4 is 5.95 Å². The van der Waals surface area contributed by atoms with Crippen molar-refractivity contribution in [3.8, 4) is 0 Å². The summed E-state index contributed by atoms with van der Waals surface area (Å²) in [7, 11) is 0. The third kappa shape index (κ3) is 3.58. The molecule has 106 valence electrons. The Morgan fingerprint density at radius 2 is 1.95 bits per heavy atom. The quantitative estimate of drug-likeness (QED) is 0.767. The van der Waals surface area contributed by atoms with Crippen LogP contribution in [0.25, 0.3) is 0 Å². The molecule has 0 aliphatic carbocycles. The number of rotatable bonds is 5. The molecule has 0 aromatic carbocycles. The summed E-state index contributed by atoms with van der Waals surface area (Å²) >= 11 is 0. The first kappa shape index (κ1) is 14.1. The molecule has 2 rings (SSSR count). The zero-order valence-corrected chi connectivity index (χ0v) is 12.2. The van der Waals surface area contributed by atoms with E-state index in [-0.39, 0.29) is 5.56 Å². The number of hydrogen-bond acceptors (Lipinski definition) is 3. The maximum absolute atomic E-state index is 12.2. The average Bonchev–Trinajstić information content (AvgIpc) is 2.42. The maximum atomic E-state index is 12.2. The van der Waals surface area contributed by atoms with Gasteiger partial charge in [0.05, 0.1) is 0 Å². The summed E-state index contributed by atoms with van der Waals surface area (Å²) in [5, 5.41) is 0. The molecule has 0 spiro atoms. The number of aromatic nitrogens is 2. The van der Waals surface area contributed by atoms with Crippen LogP contribution in [0.5, 0.6) is 0 Å². The van der Waals surface area contributed by atoms with E-state index in [1.807, 2.05) is 11.5 Å². The molecule has 1 fully saturated rings. The Balaban J connectivity index is 2.25. The molecule has 1 aromatic heterocycles. The van der Waals surface area contributed by atoms with Crippen LogP contribution >= 0.6 is 0 Å². The molecule has 19 heavy (non-hydrogen) atoms. The van der Waals surface area contributed by atoms with Crippen LogP contribution in [0.4, 0.5) is 5.95 Å². The van der Waals surface area contributed by atoms with Crippen molar-refractivity contribution in [2.24, 2.45) is 0 Å². The molecule has 0 radical (unpaired) electrons. The number of nitrogens with zero attached hydrogens (tertiary/aromatic N) is 3. The average molecular weight is 263 g/mol. The van der Waals surface area contributed by atoms with Crippen LogP contribution in [0, 0.1) is 6.92 Å². The Morgan fingerprint density at radius 3 is 2.63 bits per heavy atom. The Morgan fingerprint density at radius 1 is 1.21 bits per heavy atom. The molecule has 0 N–H and O–H groups in total. The summed E-state index contributed by atoms with van der Waals surface area (Å²) in [5.41, 5.74) is 0.932. The second kappa shape index (κ2) is 6.73. The summed E-state index contributed by atoms with van der Waals surface area (Å²) in [6.07, 6.45) is 7.11. The monoisotopic (exact) mass is 263 g/mol. The van der Waals surface area contributed by atoms with Gasteiger partial charge in [-0.05, 0) is 32.6 Å². The summed E-state index contributed by atoms with van der Waals surface area (Å²) in [5.74, 6) is 0.890. The summed E-state index contributed by atoms with van der Waals surface area (Å²) in [4.78, 5) is 19.1. The van der Waals surface area contributed by atoms with E-state index in [4.69, 9.17) is 0 Å². The highest BCUT2D eigenvalue weighted by molar-refractivity contribution is 5.32. The highest BCUT2D eigenvalue weighted by Crippen LogP contribution is 2.17. The van der Waals surface area contributed by atoms with Gasteiger partial charge in [-0.25, -0.2) is 4.98 Å². The zero-order chi connectivity index (χ0) is 13.7. The van der Waals surface area contributed by atoms with Gasteiger partial charge in [-0.3, -0.25) is 9.36 Å². The van der Waals surface area contributed by atoms with Crippen molar-refractivity contribution in [3.05, 3.63) is 22.1 Å². The van der Waals surface area contributed by atoms with Gasteiger partial charge in [-0.1, -0.05) is 19.8 Å². The van der Waals surface area contributed by atoms with E-state index < -0.39 is 0 Å². The Kier molecular flexibility index (Phi) is 5.00. The first-order valence-corrected chi connectivity index (χ1v) is 7.56. The molecule has 1 aromatic rings. The minimum atomic E-state index is 0.101. The number of unbranched alkanes of at least 4 members (excludes halogenated alkanes) is 2. The minimum absolute atomic E-state index is 0.101. The fourth-order valence-electron chi connectivity index (χ4n) is 2.67. The van der Waals surface area contributed by atoms with Crippen LogP contribution in [0.1, 0.15) is 51.1 Å². The molecule has 1 aliphatic heterocycles. The highest BCUT2D eigenvalue weighted by Gasteiger charge is 2.17. The Hall–Kier alpha value is -1.32. The molecular formula is C15H25N3O. The normalized spacial score (nSPS) is 15.8. The number of hydrogen-bond donors (Lipinski definition) is 0. The number of anilines is 1.